The summed E-state index contributed by atoms with van der Waals surface area (Å²) >= 11 is 0. The van der Waals surface area contributed by atoms with E-state index in [1.807, 2.05) is 13.1 Å². The van der Waals surface area contributed by atoms with Crippen LogP contribution in [0.5, 0.6) is 0 Å². The first-order valence-electron chi connectivity index (χ1n) is 5.84. The minimum atomic E-state index is -0.631. The number of aromatic nitrogens is 2. The fourth-order valence-electron chi connectivity index (χ4n) is 1.74. The van der Waals surface area contributed by atoms with Crippen molar-refractivity contribution in [3.05, 3.63) is 53.1 Å². The molecule has 0 aliphatic heterocycles. The van der Waals surface area contributed by atoms with Crippen molar-refractivity contribution in [3.8, 4) is 0 Å². The van der Waals surface area contributed by atoms with E-state index in [1.165, 1.54) is 6.07 Å². The molecule has 0 radical (unpaired) electrons. The smallest absolute Gasteiger partial charge is 0.248 e. The molecule has 19 heavy (non-hydrogen) atoms. The van der Waals surface area contributed by atoms with Crippen LogP contribution in [0, 0.1) is 5.82 Å². The van der Waals surface area contributed by atoms with Crippen molar-refractivity contribution in [2.45, 2.75) is 13.1 Å². The summed E-state index contributed by atoms with van der Waals surface area (Å²) < 4.78 is 15.4. The Hall–Kier alpha value is -2.21. The highest BCUT2D eigenvalue weighted by molar-refractivity contribution is 5.92. The molecule has 1 aromatic heterocycles. The molecule has 100 valence electrons. The van der Waals surface area contributed by atoms with Crippen LogP contribution in [0.3, 0.4) is 0 Å². The number of primary amides is 1. The number of halogens is 1. The van der Waals surface area contributed by atoms with Gasteiger partial charge in [-0.1, -0.05) is 6.07 Å². The lowest BCUT2D eigenvalue weighted by Crippen LogP contribution is -2.17. The first-order chi connectivity index (χ1) is 9.08. The van der Waals surface area contributed by atoms with Crippen molar-refractivity contribution >= 4 is 5.91 Å². The molecule has 5 nitrogen and oxygen atoms in total. The maximum Gasteiger partial charge on any atom is 0.248 e. The van der Waals surface area contributed by atoms with Gasteiger partial charge in [0.05, 0.1) is 5.69 Å². The molecule has 2 rings (SSSR count). The van der Waals surface area contributed by atoms with Crippen LogP contribution >= 0.6 is 0 Å². The molecule has 2 aromatic rings. The van der Waals surface area contributed by atoms with Gasteiger partial charge in [0.25, 0.3) is 0 Å². The van der Waals surface area contributed by atoms with E-state index >= 15 is 0 Å². The summed E-state index contributed by atoms with van der Waals surface area (Å²) in [6, 6.07) is 6.13. The van der Waals surface area contributed by atoms with Gasteiger partial charge in [-0.2, -0.15) is 5.10 Å². The molecule has 6 heteroatoms. The Morgan fingerprint density at radius 2 is 2.21 bits per heavy atom. The number of carbonyl (C=O) groups excluding carboxylic acids is 1. The van der Waals surface area contributed by atoms with Gasteiger partial charge < -0.3 is 11.1 Å². The molecule has 0 atom stereocenters. The van der Waals surface area contributed by atoms with Gasteiger partial charge in [-0.25, -0.2) is 4.39 Å². The van der Waals surface area contributed by atoms with Crippen LogP contribution in [0.2, 0.25) is 0 Å². The normalized spacial score (nSPS) is 10.6. The summed E-state index contributed by atoms with van der Waals surface area (Å²) in [4.78, 5) is 10.9. The van der Waals surface area contributed by atoms with Gasteiger partial charge in [-0.15, -0.1) is 0 Å². The van der Waals surface area contributed by atoms with Crippen LogP contribution in [0.4, 0.5) is 4.39 Å². The average Bonchev–Trinajstić information content (AvgIpc) is 2.77. The van der Waals surface area contributed by atoms with Crippen molar-refractivity contribution in [3.63, 3.8) is 0 Å². The Morgan fingerprint density at radius 3 is 2.79 bits per heavy atom. The van der Waals surface area contributed by atoms with Gasteiger partial charge in [-0.3, -0.25) is 9.48 Å². The topological polar surface area (TPSA) is 72.9 Å². The Morgan fingerprint density at radius 1 is 1.42 bits per heavy atom. The molecule has 0 fully saturated rings. The SMILES string of the molecule is Cn1nccc1CNCc1ccc(C(N)=O)cc1F. The summed E-state index contributed by atoms with van der Waals surface area (Å²) in [6.07, 6.45) is 1.71. The third kappa shape index (κ3) is 3.17. The van der Waals surface area contributed by atoms with E-state index in [-0.39, 0.29) is 5.56 Å². The van der Waals surface area contributed by atoms with Crippen LogP contribution < -0.4 is 11.1 Å². The number of carbonyl (C=O) groups is 1. The van der Waals surface area contributed by atoms with E-state index in [0.29, 0.717) is 18.7 Å². The third-order valence-corrected chi connectivity index (χ3v) is 2.88. The van der Waals surface area contributed by atoms with E-state index in [9.17, 15) is 9.18 Å². The molecule has 3 N–H and O–H groups in total. The van der Waals surface area contributed by atoms with Crippen LogP contribution in [0.15, 0.2) is 30.5 Å². The molecule has 0 unspecified atom stereocenters. The van der Waals surface area contributed by atoms with Crippen molar-refractivity contribution < 1.29 is 9.18 Å². The lowest BCUT2D eigenvalue weighted by molar-refractivity contribution is 0.1000. The Balaban J connectivity index is 1.96. The van der Waals surface area contributed by atoms with Gasteiger partial charge in [0.2, 0.25) is 5.91 Å². The lowest BCUT2D eigenvalue weighted by atomic mass is 10.1. The van der Waals surface area contributed by atoms with E-state index in [0.717, 1.165) is 11.8 Å². The highest BCUT2D eigenvalue weighted by Crippen LogP contribution is 2.10. The number of aryl methyl sites for hydroxylation is 1. The van der Waals surface area contributed by atoms with Gasteiger partial charge in [0, 0.05) is 37.5 Å². The van der Waals surface area contributed by atoms with Crippen molar-refractivity contribution in [1.82, 2.24) is 15.1 Å². The zero-order valence-corrected chi connectivity index (χ0v) is 10.6. The molecular formula is C13H15FN4O. The largest absolute Gasteiger partial charge is 0.366 e. The van der Waals surface area contributed by atoms with Crippen LogP contribution in [0.25, 0.3) is 0 Å². The minimum Gasteiger partial charge on any atom is -0.366 e. The van der Waals surface area contributed by atoms with Gasteiger partial charge >= 0.3 is 0 Å². The Kier molecular flexibility index (Phi) is 3.91. The Labute approximate surface area is 110 Å². The number of benzene rings is 1. The van der Waals surface area contributed by atoms with E-state index in [2.05, 4.69) is 10.4 Å². The number of nitrogens with two attached hydrogens (primary N) is 1. The molecule has 0 saturated carbocycles. The van der Waals surface area contributed by atoms with Crippen LogP contribution in [0.1, 0.15) is 21.6 Å². The van der Waals surface area contributed by atoms with Crippen LogP contribution in [-0.4, -0.2) is 15.7 Å². The van der Waals surface area contributed by atoms with E-state index in [4.69, 9.17) is 5.73 Å². The first kappa shape index (κ1) is 13.2. The molecule has 1 aromatic carbocycles. The van der Waals surface area contributed by atoms with Gasteiger partial charge in [-0.05, 0) is 18.2 Å². The van der Waals surface area contributed by atoms with E-state index < -0.39 is 11.7 Å². The highest BCUT2D eigenvalue weighted by Gasteiger charge is 2.07. The third-order valence-electron chi connectivity index (χ3n) is 2.88. The number of hydrogen-bond donors (Lipinski definition) is 2. The van der Waals surface area contributed by atoms with Crippen LogP contribution in [-0.2, 0) is 20.1 Å². The number of amides is 1. The second-order valence-electron chi connectivity index (χ2n) is 4.22. The monoisotopic (exact) mass is 262 g/mol. The second kappa shape index (κ2) is 5.62. The quantitative estimate of drug-likeness (QED) is 0.842. The molecule has 0 bridgehead atoms. The molecule has 0 aliphatic carbocycles. The standard InChI is InChI=1S/C13H15FN4O/c1-18-11(4-5-17-18)8-16-7-10-3-2-9(13(15)19)6-12(10)14/h2-6,16H,7-8H2,1H3,(H2,15,19). The number of rotatable bonds is 5. The minimum absolute atomic E-state index is 0.174. The molecular weight excluding hydrogens is 247 g/mol. The van der Waals surface area contributed by atoms with E-state index in [1.54, 1.807) is 16.9 Å². The van der Waals surface area contributed by atoms with Crippen molar-refractivity contribution in [1.29, 1.82) is 0 Å². The van der Waals surface area contributed by atoms with Gasteiger partial charge in [0.15, 0.2) is 0 Å². The fraction of sp³-hybridized carbons (Fsp3) is 0.231. The second-order valence-corrected chi connectivity index (χ2v) is 4.22. The molecule has 1 amide bonds. The zero-order chi connectivity index (χ0) is 13.8. The first-order valence-corrected chi connectivity index (χ1v) is 5.84. The zero-order valence-electron chi connectivity index (χ0n) is 10.6. The maximum absolute atomic E-state index is 13.7. The van der Waals surface area contributed by atoms with Gasteiger partial charge in [0.1, 0.15) is 5.82 Å². The summed E-state index contributed by atoms with van der Waals surface area (Å²) in [6.45, 7) is 0.962. The number of nitrogens with one attached hydrogen (secondary N) is 1. The fourth-order valence-corrected chi connectivity index (χ4v) is 1.74. The molecule has 0 spiro atoms. The average molecular weight is 262 g/mol. The molecule has 0 aliphatic rings. The summed E-state index contributed by atoms with van der Waals surface area (Å²) in [5, 5.41) is 7.16. The predicted octanol–water partition coefficient (Wildman–Crippen LogP) is 0.948. The maximum atomic E-state index is 13.7. The van der Waals surface area contributed by atoms with Crippen molar-refractivity contribution in [2.75, 3.05) is 0 Å². The number of hydrogen-bond acceptors (Lipinski definition) is 3. The molecule has 1 heterocycles. The number of nitrogens with zero attached hydrogens (tertiary/aromatic N) is 2. The predicted molar refractivity (Wildman–Crippen MR) is 68.7 cm³/mol. The summed E-state index contributed by atoms with van der Waals surface area (Å²) in [5.41, 5.74) is 6.76. The molecule has 0 saturated heterocycles. The highest BCUT2D eigenvalue weighted by atomic mass is 19.1. The summed E-state index contributed by atoms with van der Waals surface area (Å²) in [7, 11) is 1.85. The Bertz CT molecular complexity index is 594. The summed E-state index contributed by atoms with van der Waals surface area (Å²) in [5.74, 6) is -1.07. The lowest BCUT2D eigenvalue weighted by Gasteiger charge is -2.07. The van der Waals surface area contributed by atoms with Crippen molar-refractivity contribution in [2.24, 2.45) is 12.8 Å².